The normalized spacial score (nSPS) is 13.9. The predicted molar refractivity (Wildman–Crippen MR) is 96.7 cm³/mol. The van der Waals surface area contributed by atoms with E-state index in [4.69, 9.17) is 17.0 Å². The van der Waals surface area contributed by atoms with Crippen LogP contribution < -0.4 is 5.32 Å². The SMILES string of the molecule is CC(=N)c1ccc(-c2ncc(Cl)c(Nc3cc(C4CC4)[nH]n3)n2)s1. The highest BCUT2D eigenvalue weighted by atomic mass is 35.5. The van der Waals surface area contributed by atoms with E-state index in [0.29, 0.717) is 34.1 Å². The third-order valence-electron chi connectivity index (χ3n) is 3.80. The molecule has 3 aromatic rings. The first-order valence-corrected chi connectivity index (χ1v) is 8.80. The minimum Gasteiger partial charge on any atom is -0.322 e. The van der Waals surface area contributed by atoms with Crippen LogP contribution in [0.3, 0.4) is 0 Å². The fourth-order valence-electron chi connectivity index (χ4n) is 2.36. The van der Waals surface area contributed by atoms with E-state index in [9.17, 15) is 0 Å². The van der Waals surface area contributed by atoms with Crippen molar-refractivity contribution < 1.29 is 0 Å². The summed E-state index contributed by atoms with van der Waals surface area (Å²) in [5.41, 5.74) is 1.68. The van der Waals surface area contributed by atoms with Crippen molar-refractivity contribution in [2.45, 2.75) is 25.7 Å². The zero-order chi connectivity index (χ0) is 16.7. The second kappa shape index (κ2) is 5.99. The number of anilines is 2. The number of hydrogen-bond donors (Lipinski definition) is 3. The predicted octanol–water partition coefficient (Wildman–Crippen LogP) is 4.59. The Hall–Kier alpha value is -2.25. The molecule has 4 rings (SSSR count). The highest BCUT2D eigenvalue weighted by Gasteiger charge is 2.25. The molecule has 0 unspecified atom stereocenters. The molecule has 0 radical (unpaired) electrons. The van der Waals surface area contributed by atoms with Gasteiger partial charge in [0.2, 0.25) is 0 Å². The number of nitrogens with one attached hydrogen (secondary N) is 3. The molecule has 6 nitrogen and oxygen atoms in total. The number of aromatic nitrogens is 4. The van der Waals surface area contributed by atoms with Gasteiger partial charge in [-0.05, 0) is 31.9 Å². The van der Waals surface area contributed by atoms with E-state index in [2.05, 4.69) is 25.5 Å². The Labute approximate surface area is 147 Å². The highest BCUT2D eigenvalue weighted by Crippen LogP contribution is 2.40. The second-order valence-corrected chi connectivity index (χ2v) is 7.28. The van der Waals surface area contributed by atoms with E-state index >= 15 is 0 Å². The number of rotatable bonds is 5. The van der Waals surface area contributed by atoms with E-state index in [1.54, 1.807) is 13.1 Å². The summed E-state index contributed by atoms with van der Waals surface area (Å²) in [5, 5.41) is 18.6. The molecule has 0 spiro atoms. The quantitative estimate of drug-likeness (QED) is 0.582. The fraction of sp³-hybridized carbons (Fsp3) is 0.250. The smallest absolute Gasteiger partial charge is 0.171 e. The lowest BCUT2D eigenvalue weighted by atomic mass is 10.3. The Morgan fingerprint density at radius 2 is 2.25 bits per heavy atom. The first-order chi connectivity index (χ1) is 11.6. The number of nitrogens with zero attached hydrogens (tertiary/aromatic N) is 3. The molecule has 3 N–H and O–H groups in total. The van der Waals surface area contributed by atoms with Gasteiger partial charge in [0.15, 0.2) is 17.5 Å². The van der Waals surface area contributed by atoms with E-state index < -0.39 is 0 Å². The third-order valence-corrected chi connectivity index (χ3v) is 5.28. The van der Waals surface area contributed by atoms with Crippen molar-refractivity contribution in [3.05, 3.63) is 40.0 Å². The first-order valence-electron chi connectivity index (χ1n) is 7.61. The molecule has 3 heterocycles. The summed E-state index contributed by atoms with van der Waals surface area (Å²) in [6.07, 6.45) is 4.01. The van der Waals surface area contributed by atoms with Gasteiger partial charge in [-0.2, -0.15) is 5.10 Å². The maximum absolute atomic E-state index is 7.70. The van der Waals surface area contributed by atoms with Crippen LogP contribution in [0.25, 0.3) is 10.7 Å². The van der Waals surface area contributed by atoms with E-state index in [1.807, 2.05) is 18.2 Å². The van der Waals surface area contributed by atoms with Crippen LogP contribution in [-0.2, 0) is 0 Å². The summed E-state index contributed by atoms with van der Waals surface area (Å²) in [4.78, 5) is 10.6. The average molecular weight is 359 g/mol. The Kier molecular flexibility index (Phi) is 3.82. The summed E-state index contributed by atoms with van der Waals surface area (Å²) in [5.74, 6) is 2.42. The molecule has 8 heteroatoms. The lowest BCUT2D eigenvalue weighted by Crippen LogP contribution is -1.98. The molecule has 0 amide bonds. The monoisotopic (exact) mass is 358 g/mol. The minimum absolute atomic E-state index is 0.440. The maximum Gasteiger partial charge on any atom is 0.171 e. The number of thiophene rings is 1. The topological polar surface area (TPSA) is 90.3 Å². The zero-order valence-corrected chi connectivity index (χ0v) is 14.5. The zero-order valence-electron chi connectivity index (χ0n) is 12.9. The van der Waals surface area contributed by atoms with Gasteiger partial charge >= 0.3 is 0 Å². The minimum atomic E-state index is 0.440. The van der Waals surface area contributed by atoms with Crippen molar-refractivity contribution in [3.8, 4) is 10.7 Å². The van der Waals surface area contributed by atoms with Crippen LogP contribution in [0.5, 0.6) is 0 Å². The van der Waals surface area contributed by atoms with E-state index in [1.165, 1.54) is 24.2 Å². The van der Waals surface area contributed by atoms with Crippen LogP contribution in [0, 0.1) is 5.41 Å². The Bertz CT molecular complexity index is 911. The van der Waals surface area contributed by atoms with Crippen LogP contribution in [0.4, 0.5) is 11.6 Å². The van der Waals surface area contributed by atoms with Crippen molar-refractivity contribution in [2.75, 3.05) is 5.32 Å². The molecule has 122 valence electrons. The molecule has 0 aliphatic heterocycles. The summed E-state index contributed by atoms with van der Waals surface area (Å²) < 4.78 is 0. The molecule has 0 saturated heterocycles. The van der Waals surface area contributed by atoms with Crippen LogP contribution in [-0.4, -0.2) is 25.9 Å². The lowest BCUT2D eigenvalue weighted by Gasteiger charge is -2.05. The molecule has 24 heavy (non-hydrogen) atoms. The maximum atomic E-state index is 7.70. The van der Waals surface area contributed by atoms with Gasteiger partial charge < -0.3 is 10.7 Å². The van der Waals surface area contributed by atoms with Gasteiger partial charge in [0, 0.05) is 28.3 Å². The Balaban J connectivity index is 1.61. The molecule has 1 aliphatic carbocycles. The fourth-order valence-corrected chi connectivity index (χ4v) is 3.35. The van der Waals surface area contributed by atoms with Gasteiger partial charge in [0.1, 0.15) is 5.02 Å². The largest absolute Gasteiger partial charge is 0.322 e. The van der Waals surface area contributed by atoms with Crippen LogP contribution in [0.1, 0.15) is 36.3 Å². The van der Waals surface area contributed by atoms with Crippen molar-refractivity contribution in [1.82, 2.24) is 20.2 Å². The van der Waals surface area contributed by atoms with Gasteiger partial charge in [-0.1, -0.05) is 11.6 Å². The van der Waals surface area contributed by atoms with Crippen molar-refractivity contribution in [1.29, 1.82) is 5.41 Å². The molecule has 0 bridgehead atoms. The van der Waals surface area contributed by atoms with Gasteiger partial charge in [0.25, 0.3) is 0 Å². The van der Waals surface area contributed by atoms with Gasteiger partial charge in [-0.25, -0.2) is 9.97 Å². The molecule has 0 atom stereocenters. The molecular weight excluding hydrogens is 344 g/mol. The highest BCUT2D eigenvalue weighted by molar-refractivity contribution is 7.17. The van der Waals surface area contributed by atoms with Crippen LogP contribution >= 0.6 is 22.9 Å². The average Bonchev–Trinajstić information content (AvgIpc) is 3.10. The standard InChI is InChI=1S/C16H15ClN6S/c1-8(18)12-4-5-13(24-12)16-19-7-10(17)15(21-16)20-14-6-11(22-23-14)9-2-3-9/h4-7,9,18H,2-3H2,1H3,(H2,19,20,21,22,23). The summed E-state index contributed by atoms with van der Waals surface area (Å²) in [6.45, 7) is 1.76. The van der Waals surface area contributed by atoms with Crippen LogP contribution in [0.2, 0.25) is 5.02 Å². The van der Waals surface area contributed by atoms with Crippen molar-refractivity contribution in [2.24, 2.45) is 0 Å². The van der Waals surface area contributed by atoms with Crippen molar-refractivity contribution in [3.63, 3.8) is 0 Å². The molecule has 0 aromatic carbocycles. The molecule has 1 saturated carbocycles. The summed E-state index contributed by atoms with van der Waals surface area (Å²) in [6, 6.07) is 5.82. The van der Waals surface area contributed by atoms with Gasteiger partial charge in [0.05, 0.1) is 11.1 Å². The van der Waals surface area contributed by atoms with Gasteiger partial charge in [-0.15, -0.1) is 11.3 Å². The number of hydrogen-bond acceptors (Lipinski definition) is 6. The van der Waals surface area contributed by atoms with E-state index in [0.717, 1.165) is 15.4 Å². The van der Waals surface area contributed by atoms with Gasteiger partial charge in [-0.3, -0.25) is 5.10 Å². The third kappa shape index (κ3) is 3.05. The molecular formula is C16H15ClN6S. The summed E-state index contributed by atoms with van der Waals surface area (Å²) in [7, 11) is 0. The lowest BCUT2D eigenvalue weighted by molar-refractivity contribution is 0.966. The number of H-pyrrole nitrogens is 1. The number of aromatic amines is 1. The Morgan fingerprint density at radius 3 is 2.96 bits per heavy atom. The number of halogens is 1. The summed E-state index contributed by atoms with van der Waals surface area (Å²) >= 11 is 7.70. The molecule has 3 aromatic heterocycles. The van der Waals surface area contributed by atoms with Crippen LogP contribution in [0.15, 0.2) is 24.4 Å². The van der Waals surface area contributed by atoms with Crippen molar-refractivity contribution >= 4 is 40.3 Å². The first kappa shape index (κ1) is 15.3. The second-order valence-electron chi connectivity index (χ2n) is 5.79. The molecule has 1 aliphatic rings. The molecule has 1 fully saturated rings. The Morgan fingerprint density at radius 1 is 1.42 bits per heavy atom. The van der Waals surface area contributed by atoms with E-state index in [-0.39, 0.29) is 0 Å².